The first kappa shape index (κ1) is 26.1. The molecule has 0 heterocycles. The third-order valence-corrected chi connectivity index (χ3v) is 5.33. The summed E-state index contributed by atoms with van der Waals surface area (Å²) in [5.41, 5.74) is 4.53. The molecule has 0 saturated carbocycles. The fourth-order valence-electron chi connectivity index (χ4n) is 2.99. The van der Waals surface area contributed by atoms with Crippen molar-refractivity contribution in [2.45, 2.75) is 26.4 Å². The average Bonchev–Trinajstić information content (AvgIpc) is 2.84. The van der Waals surface area contributed by atoms with Gasteiger partial charge in [0.1, 0.15) is 18.1 Å². The summed E-state index contributed by atoms with van der Waals surface area (Å²) in [6.07, 6.45) is 1.50. The number of carbonyl (C=O) groups excluding carboxylic acids is 2. The van der Waals surface area contributed by atoms with Crippen LogP contribution in [-0.4, -0.2) is 24.6 Å². The van der Waals surface area contributed by atoms with Gasteiger partial charge < -0.3 is 14.8 Å². The van der Waals surface area contributed by atoms with Gasteiger partial charge in [-0.15, -0.1) is 0 Å². The maximum Gasteiger partial charge on any atom is 0.240 e. The summed E-state index contributed by atoms with van der Waals surface area (Å²) in [5.74, 6) is 0.650. The molecule has 2 amide bonds. The van der Waals surface area contributed by atoms with E-state index in [1.54, 1.807) is 54.6 Å². The highest BCUT2D eigenvalue weighted by molar-refractivity contribution is 6.35. The van der Waals surface area contributed by atoms with Gasteiger partial charge >= 0.3 is 0 Å². The van der Waals surface area contributed by atoms with Gasteiger partial charge in [-0.1, -0.05) is 41.4 Å². The van der Waals surface area contributed by atoms with Crippen molar-refractivity contribution in [3.05, 3.63) is 87.9 Å². The molecular weight excluding hydrogens is 489 g/mol. The van der Waals surface area contributed by atoms with Gasteiger partial charge in [-0.2, -0.15) is 5.10 Å². The zero-order valence-electron chi connectivity index (χ0n) is 19.1. The van der Waals surface area contributed by atoms with Crippen LogP contribution in [0.25, 0.3) is 0 Å². The van der Waals surface area contributed by atoms with Crippen LogP contribution < -0.4 is 20.2 Å². The first-order chi connectivity index (χ1) is 16.9. The van der Waals surface area contributed by atoms with Gasteiger partial charge in [0.05, 0.1) is 12.8 Å². The number of benzene rings is 3. The molecule has 0 aromatic heterocycles. The Morgan fingerprint density at radius 1 is 0.943 bits per heavy atom. The van der Waals surface area contributed by atoms with E-state index in [0.29, 0.717) is 33.7 Å². The van der Waals surface area contributed by atoms with Crippen molar-refractivity contribution in [1.29, 1.82) is 0 Å². The zero-order chi connectivity index (χ0) is 25.0. The van der Waals surface area contributed by atoms with Crippen molar-refractivity contribution in [1.82, 2.24) is 5.43 Å². The molecule has 0 aliphatic heterocycles. The van der Waals surface area contributed by atoms with Gasteiger partial charge in [-0.05, 0) is 55.5 Å². The number of nitrogens with one attached hydrogen (secondary N) is 2. The predicted octanol–water partition coefficient (Wildman–Crippen LogP) is 5.84. The molecule has 35 heavy (non-hydrogen) atoms. The monoisotopic (exact) mass is 513 g/mol. The molecule has 7 nitrogen and oxygen atoms in total. The molecule has 3 rings (SSSR count). The van der Waals surface area contributed by atoms with E-state index in [9.17, 15) is 9.59 Å². The Balaban J connectivity index is 1.45. The highest BCUT2D eigenvalue weighted by Crippen LogP contribution is 2.24. The molecule has 3 aromatic carbocycles. The summed E-state index contributed by atoms with van der Waals surface area (Å²) >= 11 is 12.1. The number of carbonyl (C=O) groups is 2. The number of para-hydroxylation sites is 1. The van der Waals surface area contributed by atoms with Crippen molar-refractivity contribution in [3.8, 4) is 11.5 Å². The first-order valence-corrected chi connectivity index (χ1v) is 11.7. The van der Waals surface area contributed by atoms with E-state index >= 15 is 0 Å². The normalized spacial score (nSPS) is 10.7. The second-order valence-corrected chi connectivity index (χ2v) is 8.20. The van der Waals surface area contributed by atoms with Crippen LogP contribution in [0.2, 0.25) is 10.0 Å². The molecule has 182 valence electrons. The summed E-state index contributed by atoms with van der Waals surface area (Å²) in [6.45, 7) is 2.72. The first-order valence-electron chi connectivity index (χ1n) is 10.9. The minimum atomic E-state index is -0.380. The van der Waals surface area contributed by atoms with E-state index in [1.165, 1.54) is 6.21 Å². The van der Waals surface area contributed by atoms with Gasteiger partial charge in [-0.3, -0.25) is 9.59 Å². The van der Waals surface area contributed by atoms with Crippen molar-refractivity contribution in [2.24, 2.45) is 5.10 Å². The highest BCUT2D eigenvalue weighted by Gasteiger charge is 2.08. The minimum absolute atomic E-state index is 0.00653. The van der Waals surface area contributed by atoms with Crippen LogP contribution in [-0.2, 0) is 16.2 Å². The topological polar surface area (TPSA) is 89.0 Å². The van der Waals surface area contributed by atoms with E-state index < -0.39 is 0 Å². The van der Waals surface area contributed by atoms with Crippen LogP contribution in [0.15, 0.2) is 71.8 Å². The molecule has 9 heteroatoms. The molecular formula is C26H25Cl2N3O4. The number of halogens is 2. The number of hydrogen-bond acceptors (Lipinski definition) is 5. The summed E-state index contributed by atoms with van der Waals surface area (Å²) in [4.78, 5) is 24.2. The maximum atomic E-state index is 12.1. The van der Waals surface area contributed by atoms with Gasteiger partial charge in [0.2, 0.25) is 11.8 Å². The third kappa shape index (κ3) is 8.63. The summed E-state index contributed by atoms with van der Waals surface area (Å²) in [7, 11) is 0. The zero-order valence-corrected chi connectivity index (χ0v) is 20.6. The van der Waals surface area contributed by atoms with Gasteiger partial charge in [0.15, 0.2) is 0 Å². The third-order valence-electron chi connectivity index (χ3n) is 4.74. The largest absolute Gasteiger partial charge is 0.494 e. The second-order valence-electron chi connectivity index (χ2n) is 7.36. The Morgan fingerprint density at radius 3 is 2.43 bits per heavy atom. The van der Waals surface area contributed by atoms with Crippen molar-refractivity contribution >= 4 is 46.9 Å². The van der Waals surface area contributed by atoms with E-state index in [2.05, 4.69) is 15.8 Å². The molecule has 0 bridgehead atoms. The molecule has 0 aliphatic carbocycles. The molecule has 0 atom stereocenters. The minimum Gasteiger partial charge on any atom is -0.494 e. The number of rotatable bonds is 11. The number of nitrogens with zero attached hydrogens (tertiary/aromatic N) is 1. The molecule has 0 unspecified atom stereocenters. The molecule has 2 N–H and O–H groups in total. The number of hydrogen-bond donors (Lipinski definition) is 2. The van der Waals surface area contributed by atoms with E-state index in [4.69, 9.17) is 32.7 Å². The van der Waals surface area contributed by atoms with E-state index in [1.807, 2.05) is 19.1 Å². The quantitative estimate of drug-likeness (QED) is 0.249. The van der Waals surface area contributed by atoms with Crippen LogP contribution in [0.4, 0.5) is 5.69 Å². The lowest BCUT2D eigenvalue weighted by Crippen LogP contribution is -2.20. The Bertz CT molecular complexity index is 1180. The fraction of sp³-hybridized carbons (Fsp3) is 0.192. The summed E-state index contributed by atoms with van der Waals surface area (Å²) in [6, 6.07) is 19.5. The molecule has 0 spiro atoms. The Labute approximate surface area is 214 Å². The van der Waals surface area contributed by atoms with E-state index in [0.717, 1.165) is 11.3 Å². The smallest absolute Gasteiger partial charge is 0.240 e. The second kappa shape index (κ2) is 13.4. The van der Waals surface area contributed by atoms with Gasteiger partial charge in [-0.25, -0.2) is 5.43 Å². The molecule has 3 aromatic rings. The number of amides is 2. The number of ether oxygens (including phenoxy) is 2. The maximum absolute atomic E-state index is 12.1. The van der Waals surface area contributed by atoms with Crippen molar-refractivity contribution in [2.75, 3.05) is 11.9 Å². The van der Waals surface area contributed by atoms with Crippen LogP contribution in [0.3, 0.4) is 0 Å². The van der Waals surface area contributed by atoms with Crippen LogP contribution >= 0.6 is 23.2 Å². The van der Waals surface area contributed by atoms with Crippen LogP contribution in [0.1, 0.15) is 30.9 Å². The van der Waals surface area contributed by atoms with Crippen LogP contribution in [0.5, 0.6) is 11.5 Å². The lowest BCUT2D eigenvalue weighted by Gasteiger charge is -2.10. The van der Waals surface area contributed by atoms with Crippen molar-refractivity contribution < 1.29 is 19.1 Å². The lowest BCUT2D eigenvalue weighted by atomic mass is 10.2. The Hall–Kier alpha value is -3.55. The summed E-state index contributed by atoms with van der Waals surface area (Å²) < 4.78 is 11.2. The standard InChI is InChI=1S/C26H25Cl2N3O4/c1-2-34-22-11-9-21(10-12-22)30-25(32)13-14-26(33)31-29-16-18-5-3-4-6-24(18)35-17-19-7-8-20(27)15-23(19)28/h3-12,15-16H,2,13-14,17H2,1H3,(H,30,32)(H,31,33). The van der Waals surface area contributed by atoms with Gasteiger partial charge in [0, 0.05) is 39.7 Å². The average molecular weight is 514 g/mol. The molecule has 0 saturated heterocycles. The number of hydrazone groups is 1. The fourth-order valence-corrected chi connectivity index (χ4v) is 3.46. The SMILES string of the molecule is CCOc1ccc(NC(=O)CCC(=O)NN=Cc2ccccc2OCc2ccc(Cl)cc2Cl)cc1. The van der Waals surface area contributed by atoms with Crippen LogP contribution in [0, 0.1) is 0 Å². The summed E-state index contributed by atoms with van der Waals surface area (Å²) in [5, 5.41) is 7.79. The highest BCUT2D eigenvalue weighted by atomic mass is 35.5. The molecule has 0 radical (unpaired) electrons. The Morgan fingerprint density at radius 2 is 1.69 bits per heavy atom. The molecule has 0 aliphatic rings. The number of anilines is 1. The van der Waals surface area contributed by atoms with E-state index in [-0.39, 0.29) is 31.3 Å². The van der Waals surface area contributed by atoms with Gasteiger partial charge in [0.25, 0.3) is 0 Å². The molecule has 0 fully saturated rings. The Kier molecular flexibility index (Phi) is 9.95. The predicted molar refractivity (Wildman–Crippen MR) is 138 cm³/mol. The van der Waals surface area contributed by atoms with Crippen molar-refractivity contribution in [3.63, 3.8) is 0 Å². The lowest BCUT2D eigenvalue weighted by molar-refractivity contribution is -0.124.